The van der Waals surface area contributed by atoms with Gasteiger partial charge in [0.05, 0.1) is 16.9 Å². The van der Waals surface area contributed by atoms with Gasteiger partial charge < -0.3 is 16.2 Å². The molecular formula is C15H23FN2O2. The lowest BCUT2D eigenvalue weighted by molar-refractivity contribution is 0.0692. The zero-order valence-electron chi connectivity index (χ0n) is 12.1. The minimum atomic E-state index is -1.31. The predicted molar refractivity (Wildman–Crippen MR) is 79.6 cm³/mol. The summed E-state index contributed by atoms with van der Waals surface area (Å²) in [4.78, 5) is 10.8. The Morgan fingerprint density at radius 1 is 1.45 bits per heavy atom. The molecule has 0 bridgehead atoms. The summed E-state index contributed by atoms with van der Waals surface area (Å²) in [6.45, 7) is 4.99. The van der Waals surface area contributed by atoms with Crippen LogP contribution in [0.15, 0.2) is 12.1 Å². The highest BCUT2D eigenvalue weighted by atomic mass is 19.1. The maximum atomic E-state index is 13.6. The van der Waals surface area contributed by atoms with Crippen molar-refractivity contribution in [3.05, 3.63) is 23.5 Å². The van der Waals surface area contributed by atoms with Crippen LogP contribution in [0.2, 0.25) is 0 Å². The van der Waals surface area contributed by atoms with Crippen molar-refractivity contribution in [1.82, 2.24) is 0 Å². The number of carboxylic acid groups (broad SMARTS) is 1. The van der Waals surface area contributed by atoms with E-state index in [2.05, 4.69) is 19.2 Å². The molecule has 4 nitrogen and oxygen atoms in total. The van der Waals surface area contributed by atoms with Crippen molar-refractivity contribution in [2.24, 2.45) is 5.92 Å². The third kappa shape index (κ3) is 4.40. The van der Waals surface area contributed by atoms with E-state index in [0.717, 1.165) is 31.4 Å². The molecule has 0 fully saturated rings. The minimum absolute atomic E-state index is 0.258. The Bertz CT molecular complexity index is 463. The van der Waals surface area contributed by atoms with Crippen molar-refractivity contribution in [3.8, 4) is 0 Å². The Hall–Kier alpha value is -1.78. The highest BCUT2D eigenvalue weighted by Gasteiger charge is 2.14. The van der Waals surface area contributed by atoms with Gasteiger partial charge in [0.25, 0.3) is 0 Å². The first-order valence-corrected chi connectivity index (χ1v) is 7.05. The van der Waals surface area contributed by atoms with Gasteiger partial charge in [-0.25, -0.2) is 9.18 Å². The molecule has 1 aromatic carbocycles. The van der Waals surface area contributed by atoms with Crippen molar-refractivity contribution in [2.45, 2.75) is 39.5 Å². The average Bonchev–Trinajstić information content (AvgIpc) is 2.41. The number of hydrogen-bond donors (Lipinski definition) is 3. The second kappa shape index (κ2) is 7.72. The van der Waals surface area contributed by atoms with E-state index in [9.17, 15) is 9.18 Å². The summed E-state index contributed by atoms with van der Waals surface area (Å²) in [5.41, 5.74) is 6.09. The van der Waals surface area contributed by atoms with Crippen LogP contribution in [0.4, 0.5) is 15.8 Å². The Kier molecular flexibility index (Phi) is 6.28. The number of rotatable bonds is 8. The molecule has 0 saturated heterocycles. The molecule has 1 rings (SSSR count). The zero-order valence-corrected chi connectivity index (χ0v) is 12.1. The summed E-state index contributed by atoms with van der Waals surface area (Å²) >= 11 is 0. The molecule has 1 unspecified atom stereocenters. The van der Waals surface area contributed by atoms with Crippen molar-refractivity contribution >= 4 is 17.3 Å². The van der Waals surface area contributed by atoms with Gasteiger partial charge in [-0.05, 0) is 24.5 Å². The molecule has 1 atom stereocenters. The lowest BCUT2D eigenvalue weighted by atomic mass is 9.99. The van der Waals surface area contributed by atoms with E-state index < -0.39 is 17.3 Å². The Balaban J connectivity index is 2.73. The minimum Gasteiger partial charge on any atom is -0.478 e. The Labute approximate surface area is 119 Å². The lowest BCUT2D eigenvalue weighted by Crippen LogP contribution is -2.15. The van der Waals surface area contributed by atoms with Gasteiger partial charge in [-0.2, -0.15) is 0 Å². The van der Waals surface area contributed by atoms with Crippen molar-refractivity contribution in [1.29, 1.82) is 0 Å². The second-order valence-electron chi connectivity index (χ2n) is 5.02. The van der Waals surface area contributed by atoms with Crippen LogP contribution in [0.25, 0.3) is 0 Å². The normalized spacial score (nSPS) is 12.2. The van der Waals surface area contributed by atoms with E-state index in [1.165, 1.54) is 6.42 Å². The Morgan fingerprint density at radius 2 is 2.15 bits per heavy atom. The largest absolute Gasteiger partial charge is 0.478 e. The topological polar surface area (TPSA) is 75.3 Å². The van der Waals surface area contributed by atoms with Gasteiger partial charge in [-0.3, -0.25) is 0 Å². The van der Waals surface area contributed by atoms with Crippen LogP contribution in [0, 0.1) is 11.7 Å². The molecule has 0 aliphatic rings. The van der Waals surface area contributed by atoms with Crippen LogP contribution in [-0.4, -0.2) is 17.6 Å². The van der Waals surface area contributed by atoms with Gasteiger partial charge in [0, 0.05) is 6.54 Å². The van der Waals surface area contributed by atoms with E-state index in [1.54, 1.807) is 0 Å². The molecular weight excluding hydrogens is 259 g/mol. The highest BCUT2D eigenvalue weighted by Crippen LogP contribution is 2.24. The monoisotopic (exact) mass is 282 g/mol. The fourth-order valence-corrected chi connectivity index (χ4v) is 2.10. The molecule has 0 aromatic heterocycles. The van der Waals surface area contributed by atoms with E-state index in [4.69, 9.17) is 10.8 Å². The number of halogens is 1. The van der Waals surface area contributed by atoms with Crippen LogP contribution >= 0.6 is 0 Å². The van der Waals surface area contributed by atoms with Gasteiger partial charge in [0.1, 0.15) is 5.82 Å². The van der Waals surface area contributed by atoms with Crippen LogP contribution < -0.4 is 11.1 Å². The molecule has 0 aliphatic carbocycles. The summed E-state index contributed by atoms with van der Waals surface area (Å²) in [7, 11) is 0. The molecule has 0 aliphatic heterocycles. The smallest absolute Gasteiger partial charge is 0.338 e. The Morgan fingerprint density at radius 3 is 2.70 bits per heavy atom. The zero-order chi connectivity index (χ0) is 15.1. The first-order chi connectivity index (χ1) is 9.49. The first-order valence-electron chi connectivity index (χ1n) is 7.05. The molecule has 0 amide bonds. The molecule has 0 radical (unpaired) electrons. The third-order valence-corrected chi connectivity index (χ3v) is 3.49. The number of aromatic carboxylic acids is 1. The third-order valence-electron chi connectivity index (χ3n) is 3.49. The fraction of sp³-hybridized carbons (Fsp3) is 0.533. The molecule has 4 N–H and O–H groups in total. The molecule has 5 heteroatoms. The van der Waals surface area contributed by atoms with Crippen LogP contribution in [0.3, 0.4) is 0 Å². The summed E-state index contributed by atoms with van der Waals surface area (Å²) in [5.74, 6) is -1.57. The summed E-state index contributed by atoms with van der Waals surface area (Å²) in [6.07, 6.45) is 4.49. The number of carbonyl (C=O) groups is 1. The molecule has 1 aromatic rings. The standard InChI is InChI=1S/C15H23FN2O2/c1-3-5-6-10(4-2)9-18-14-8-12(16)11(15(19)20)7-13(14)17/h7-8,10,18H,3-6,9,17H2,1-2H3,(H,19,20). The number of nitrogens with two attached hydrogens (primary N) is 1. The van der Waals surface area contributed by atoms with E-state index in [0.29, 0.717) is 18.2 Å². The summed E-state index contributed by atoms with van der Waals surface area (Å²) < 4.78 is 13.6. The van der Waals surface area contributed by atoms with Gasteiger partial charge in [-0.15, -0.1) is 0 Å². The fourth-order valence-electron chi connectivity index (χ4n) is 2.10. The summed E-state index contributed by atoms with van der Waals surface area (Å²) in [6, 6.07) is 2.32. The second-order valence-corrected chi connectivity index (χ2v) is 5.02. The van der Waals surface area contributed by atoms with Gasteiger partial charge >= 0.3 is 5.97 Å². The van der Waals surface area contributed by atoms with Gasteiger partial charge in [0.2, 0.25) is 0 Å². The van der Waals surface area contributed by atoms with Crippen LogP contribution in [-0.2, 0) is 0 Å². The highest BCUT2D eigenvalue weighted by molar-refractivity contribution is 5.90. The van der Waals surface area contributed by atoms with Gasteiger partial charge in [-0.1, -0.05) is 33.1 Å². The van der Waals surface area contributed by atoms with Crippen LogP contribution in [0.5, 0.6) is 0 Å². The number of unbranched alkanes of at least 4 members (excludes halogenated alkanes) is 1. The number of nitrogens with one attached hydrogen (secondary N) is 1. The van der Waals surface area contributed by atoms with Crippen molar-refractivity contribution < 1.29 is 14.3 Å². The van der Waals surface area contributed by atoms with E-state index >= 15 is 0 Å². The number of hydrogen-bond acceptors (Lipinski definition) is 3. The van der Waals surface area contributed by atoms with Crippen LogP contribution in [0.1, 0.15) is 49.9 Å². The molecule has 0 spiro atoms. The summed E-state index contributed by atoms with van der Waals surface area (Å²) in [5, 5.41) is 11.9. The number of carboxylic acids is 1. The molecule has 0 heterocycles. The number of nitrogen functional groups attached to an aromatic ring is 1. The predicted octanol–water partition coefficient (Wildman–Crippen LogP) is 3.73. The van der Waals surface area contributed by atoms with Crippen molar-refractivity contribution in [2.75, 3.05) is 17.6 Å². The molecule has 20 heavy (non-hydrogen) atoms. The quantitative estimate of drug-likeness (QED) is 0.635. The number of anilines is 2. The lowest BCUT2D eigenvalue weighted by Gasteiger charge is -2.17. The molecule has 112 valence electrons. The van der Waals surface area contributed by atoms with Crippen molar-refractivity contribution in [3.63, 3.8) is 0 Å². The van der Waals surface area contributed by atoms with Gasteiger partial charge in [0.15, 0.2) is 0 Å². The first kappa shape index (κ1) is 16.3. The van der Waals surface area contributed by atoms with E-state index in [1.807, 2.05) is 0 Å². The number of benzene rings is 1. The molecule has 0 saturated carbocycles. The van der Waals surface area contributed by atoms with E-state index in [-0.39, 0.29) is 5.69 Å². The average molecular weight is 282 g/mol. The maximum Gasteiger partial charge on any atom is 0.338 e. The maximum absolute atomic E-state index is 13.6. The SMILES string of the molecule is CCCCC(CC)CNc1cc(F)c(C(=O)O)cc1N.